The van der Waals surface area contributed by atoms with Gasteiger partial charge in [0.15, 0.2) is 5.78 Å². The zero-order valence-electron chi connectivity index (χ0n) is 9.08. The Kier molecular flexibility index (Phi) is 5.21. The van der Waals surface area contributed by atoms with Gasteiger partial charge in [0.05, 0.1) is 11.6 Å². The Morgan fingerprint density at radius 3 is 2.69 bits per heavy atom. The third-order valence-electron chi connectivity index (χ3n) is 2.37. The van der Waals surface area contributed by atoms with Crippen LogP contribution in [-0.2, 0) is 0 Å². The van der Waals surface area contributed by atoms with Crippen molar-refractivity contribution in [1.82, 2.24) is 0 Å². The molecule has 0 aliphatic heterocycles. The summed E-state index contributed by atoms with van der Waals surface area (Å²) in [4.78, 5) is 11.6. The summed E-state index contributed by atoms with van der Waals surface area (Å²) >= 11 is 0. The zero-order chi connectivity index (χ0) is 11.8. The SMILES string of the molecule is N#CCCCCCC(=O)c1ccccc1F. The topological polar surface area (TPSA) is 40.9 Å². The van der Waals surface area contributed by atoms with Gasteiger partial charge in [0.25, 0.3) is 0 Å². The Morgan fingerprint density at radius 2 is 2.00 bits per heavy atom. The minimum absolute atomic E-state index is 0.157. The minimum atomic E-state index is -0.454. The number of hydrogen-bond donors (Lipinski definition) is 0. The van der Waals surface area contributed by atoms with Gasteiger partial charge in [-0.05, 0) is 25.0 Å². The quantitative estimate of drug-likeness (QED) is 0.543. The molecule has 0 N–H and O–H groups in total. The Balaban J connectivity index is 2.36. The number of hydrogen-bond acceptors (Lipinski definition) is 2. The maximum absolute atomic E-state index is 13.2. The van der Waals surface area contributed by atoms with Crippen molar-refractivity contribution < 1.29 is 9.18 Å². The summed E-state index contributed by atoms with van der Waals surface area (Å²) in [5, 5.41) is 8.32. The van der Waals surface area contributed by atoms with E-state index in [1.807, 2.05) is 0 Å². The monoisotopic (exact) mass is 219 g/mol. The highest BCUT2D eigenvalue weighted by Gasteiger charge is 2.09. The molecule has 0 bridgehead atoms. The predicted molar refractivity (Wildman–Crippen MR) is 59.4 cm³/mol. The molecule has 0 heterocycles. The van der Waals surface area contributed by atoms with Gasteiger partial charge in [-0.15, -0.1) is 0 Å². The van der Waals surface area contributed by atoms with Crippen LogP contribution in [0.15, 0.2) is 24.3 Å². The van der Waals surface area contributed by atoms with E-state index >= 15 is 0 Å². The second kappa shape index (κ2) is 6.73. The molecule has 1 aromatic carbocycles. The van der Waals surface area contributed by atoms with Gasteiger partial charge in [-0.1, -0.05) is 18.6 Å². The molecule has 1 aromatic rings. The van der Waals surface area contributed by atoms with Crippen LogP contribution in [0.2, 0.25) is 0 Å². The number of nitriles is 1. The van der Waals surface area contributed by atoms with E-state index in [-0.39, 0.29) is 11.3 Å². The minimum Gasteiger partial charge on any atom is -0.294 e. The molecule has 0 aromatic heterocycles. The van der Waals surface area contributed by atoms with Gasteiger partial charge >= 0.3 is 0 Å². The smallest absolute Gasteiger partial charge is 0.165 e. The first-order valence-electron chi connectivity index (χ1n) is 5.40. The third kappa shape index (κ3) is 3.82. The first-order chi connectivity index (χ1) is 7.75. The Labute approximate surface area is 94.7 Å². The van der Waals surface area contributed by atoms with E-state index in [0.29, 0.717) is 12.8 Å². The lowest BCUT2D eigenvalue weighted by Crippen LogP contribution is -2.01. The maximum atomic E-state index is 13.2. The van der Waals surface area contributed by atoms with Crippen molar-refractivity contribution in [3.8, 4) is 6.07 Å². The summed E-state index contributed by atoms with van der Waals surface area (Å²) in [6.07, 6.45) is 3.24. The van der Waals surface area contributed by atoms with Crippen LogP contribution in [0.25, 0.3) is 0 Å². The van der Waals surface area contributed by atoms with Gasteiger partial charge in [-0.2, -0.15) is 5.26 Å². The average molecular weight is 219 g/mol. The molecule has 84 valence electrons. The van der Waals surface area contributed by atoms with Crippen molar-refractivity contribution in [2.45, 2.75) is 32.1 Å². The molecule has 0 aliphatic rings. The number of nitrogens with zero attached hydrogens (tertiary/aromatic N) is 1. The van der Waals surface area contributed by atoms with Gasteiger partial charge < -0.3 is 0 Å². The Bertz CT molecular complexity index is 395. The molecule has 0 unspecified atom stereocenters. The van der Waals surface area contributed by atoms with Gasteiger partial charge in [-0.25, -0.2) is 4.39 Å². The van der Waals surface area contributed by atoms with E-state index in [0.717, 1.165) is 19.3 Å². The first-order valence-corrected chi connectivity index (χ1v) is 5.40. The van der Waals surface area contributed by atoms with Crippen LogP contribution >= 0.6 is 0 Å². The lowest BCUT2D eigenvalue weighted by Gasteiger charge is -2.01. The largest absolute Gasteiger partial charge is 0.294 e. The van der Waals surface area contributed by atoms with Crippen molar-refractivity contribution in [1.29, 1.82) is 5.26 Å². The number of carbonyl (C=O) groups is 1. The van der Waals surface area contributed by atoms with Crippen LogP contribution in [0.1, 0.15) is 42.5 Å². The molecule has 2 nitrogen and oxygen atoms in total. The number of carbonyl (C=O) groups excluding carboxylic acids is 1. The molecule has 1 rings (SSSR count). The molecule has 0 saturated carbocycles. The molecular formula is C13H14FNO. The van der Waals surface area contributed by atoms with Crippen molar-refractivity contribution in [3.05, 3.63) is 35.6 Å². The fourth-order valence-corrected chi connectivity index (χ4v) is 1.49. The fraction of sp³-hybridized carbons (Fsp3) is 0.385. The molecule has 0 aliphatic carbocycles. The van der Waals surface area contributed by atoms with Crippen molar-refractivity contribution in [2.24, 2.45) is 0 Å². The van der Waals surface area contributed by atoms with Gasteiger partial charge in [-0.3, -0.25) is 4.79 Å². The summed E-state index contributed by atoms with van der Waals surface area (Å²) in [5.41, 5.74) is 0.169. The normalized spacial score (nSPS) is 9.75. The van der Waals surface area contributed by atoms with E-state index in [1.165, 1.54) is 12.1 Å². The van der Waals surface area contributed by atoms with E-state index < -0.39 is 5.82 Å². The van der Waals surface area contributed by atoms with Crippen molar-refractivity contribution in [3.63, 3.8) is 0 Å². The molecule has 16 heavy (non-hydrogen) atoms. The second-order valence-electron chi connectivity index (χ2n) is 3.62. The van der Waals surface area contributed by atoms with Crippen LogP contribution < -0.4 is 0 Å². The number of benzene rings is 1. The lowest BCUT2D eigenvalue weighted by molar-refractivity contribution is 0.0975. The number of unbranched alkanes of at least 4 members (excludes halogenated alkanes) is 3. The van der Waals surface area contributed by atoms with Crippen molar-refractivity contribution in [2.75, 3.05) is 0 Å². The van der Waals surface area contributed by atoms with Gasteiger partial charge in [0, 0.05) is 12.8 Å². The summed E-state index contributed by atoms with van der Waals surface area (Å²) < 4.78 is 13.2. The third-order valence-corrected chi connectivity index (χ3v) is 2.37. The van der Waals surface area contributed by atoms with Crippen LogP contribution in [0.4, 0.5) is 4.39 Å². The average Bonchev–Trinajstić information content (AvgIpc) is 2.29. The second-order valence-corrected chi connectivity index (χ2v) is 3.62. The molecule has 0 atom stereocenters. The molecular weight excluding hydrogens is 205 g/mol. The van der Waals surface area contributed by atoms with Crippen LogP contribution in [-0.4, -0.2) is 5.78 Å². The number of halogens is 1. The molecule has 0 radical (unpaired) electrons. The standard InChI is InChI=1S/C13H14FNO/c14-12-8-5-4-7-11(12)13(16)9-3-1-2-6-10-15/h4-5,7-8H,1-3,6,9H2. The predicted octanol–water partition coefficient (Wildman–Crippen LogP) is 3.48. The highest BCUT2D eigenvalue weighted by molar-refractivity contribution is 5.96. The summed E-state index contributed by atoms with van der Waals surface area (Å²) in [5.74, 6) is -0.611. The molecule has 0 amide bonds. The van der Waals surface area contributed by atoms with Crippen LogP contribution in [0.5, 0.6) is 0 Å². The molecule has 0 saturated heterocycles. The first kappa shape index (κ1) is 12.4. The maximum Gasteiger partial charge on any atom is 0.165 e. The molecule has 0 spiro atoms. The van der Waals surface area contributed by atoms with Gasteiger partial charge in [0.1, 0.15) is 5.82 Å². The number of ketones is 1. The van der Waals surface area contributed by atoms with Crippen LogP contribution in [0.3, 0.4) is 0 Å². The van der Waals surface area contributed by atoms with Crippen LogP contribution in [0, 0.1) is 17.1 Å². The highest BCUT2D eigenvalue weighted by Crippen LogP contribution is 2.12. The molecule has 0 fully saturated rings. The number of Topliss-reactive ketones (excluding diaryl/α,β-unsaturated/α-hetero) is 1. The summed E-state index contributed by atoms with van der Waals surface area (Å²) in [7, 11) is 0. The Morgan fingerprint density at radius 1 is 1.25 bits per heavy atom. The molecule has 3 heteroatoms. The lowest BCUT2D eigenvalue weighted by atomic mass is 10.0. The summed E-state index contributed by atoms with van der Waals surface area (Å²) in [6.45, 7) is 0. The van der Waals surface area contributed by atoms with E-state index in [4.69, 9.17) is 5.26 Å². The van der Waals surface area contributed by atoms with E-state index in [9.17, 15) is 9.18 Å². The number of rotatable bonds is 6. The van der Waals surface area contributed by atoms with Crippen molar-refractivity contribution >= 4 is 5.78 Å². The Hall–Kier alpha value is -1.69. The zero-order valence-corrected chi connectivity index (χ0v) is 9.08. The van der Waals surface area contributed by atoms with Gasteiger partial charge in [0.2, 0.25) is 0 Å². The summed E-state index contributed by atoms with van der Waals surface area (Å²) in [6, 6.07) is 8.08. The van der Waals surface area contributed by atoms with E-state index in [1.54, 1.807) is 12.1 Å². The highest BCUT2D eigenvalue weighted by atomic mass is 19.1. The fourth-order valence-electron chi connectivity index (χ4n) is 1.49. The van der Waals surface area contributed by atoms with E-state index in [2.05, 4.69) is 6.07 Å².